The molecule has 1 saturated heterocycles. The van der Waals surface area contributed by atoms with Gasteiger partial charge in [0.1, 0.15) is 0 Å². The molecule has 1 fully saturated rings. The van der Waals surface area contributed by atoms with Crippen molar-refractivity contribution in [2.24, 2.45) is 5.14 Å². The SMILES string of the molecule is CC(C)n1cc(N([C@@H]2CCCN(C)C2)S(N)(=O)=O)cn1.Cl. The first-order valence-electron chi connectivity index (χ1n) is 6.84. The van der Waals surface area contributed by atoms with E-state index in [2.05, 4.69) is 10.00 Å². The number of hydrogen-bond acceptors (Lipinski definition) is 4. The molecule has 0 amide bonds. The molecule has 122 valence electrons. The minimum Gasteiger partial charge on any atom is -0.304 e. The third-order valence-electron chi connectivity index (χ3n) is 3.58. The Morgan fingerprint density at radius 2 is 2.14 bits per heavy atom. The van der Waals surface area contributed by atoms with Crippen molar-refractivity contribution >= 4 is 28.3 Å². The van der Waals surface area contributed by atoms with Crippen molar-refractivity contribution in [3.63, 3.8) is 0 Å². The molecule has 0 aromatic carbocycles. The summed E-state index contributed by atoms with van der Waals surface area (Å²) in [5.41, 5.74) is 0.543. The molecule has 1 aromatic heterocycles. The third kappa shape index (κ3) is 4.32. The second-order valence-corrected chi connectivity index (χ2v) is 7.09. The lowest BCUT2D eigenvalue weighted by Gasteiger charge is -2.36. The van der Waals surface area contributed by atoms with E-state index < -0.39 is 10.2 Å². The summed E-state index contributed by atoms with van der Waals surface area (Å²) in [5.74, 6) is 0. The van der Waals surface area contributed by atoms with Gasteiger partial charge in [-0.2, -0.15) is 13.5 Å². The van der Waals surface area contributed by atoms with E-state index in [4.69, 9.17) is 5.14 Å². The van der Waals surface area contributed by atoms with Crippen molar-refractivity contribution in [3.8, 4) is 0 Å². The molecular formula is C12H24ClN5O2S. The second kappa shape index (κ2) is 6.95. The summed E-state index contributed by atoms with van der Waals surface area (Å²) in [4.78, 5) is 2.12. The average Bonchev–Trinajstić information content (AvgIpc) is 2.76. The van der Waals surface area contributed by atoms with Gasteiger partial charge in [0.05, 0.1) is 17.9 Å². The Morgan fingerprint density at radius 1 is 1.48 bits per heavy atom. The van der Waals surface area contributed by atoms with Gasteiger partial charge in [-0.05, 0) is 40.3 Å². The monoisotopic (exact) mass is 337 g/mol. The van der Waals surface area contributed by atoms with Crippen molar-refractivity contribution in [2.75, 3.05) is 24.4 Å². The summed E-state index contributed by atoms with van der Waals surface area (Å²) in [6.07, 6.45) is 5.09. The number of nitrogens with two attached hydrogens (primary N) is 1. The van der Waals surface area contributed by atoms with Crippen LogP contribution in [0.2, 0.25) is 0 Å². The Hall–Kier alpha value is -0.830. The number of anilines is 1. The Balaban J connectivity index is 0.00000220. The van der Waals surface area contributed by atoms with E-state index in [0.717, 1.165) is 19.4 Å². The van der Waals surface area contributed by atoms with Crippen LogP contribution >= 0.6 is 12.4 Å². The standard InChI is InChI=1S/C12H23N5O2S.ClH/c1-10(2)16-9-12(7-14-16)17(20(13,18)19)11-5-4-6-15(3)8-11;/h7,9-11H,4-6,8H2,1-3H3,(H2,13,18,19);1H/t11-;/m1./s1. The van der Waals surface area contributed by atoms with Gasteiger partial charge in [0.2, 0.25) is 0 Å². The Morgan fingerprint density at radius 3 is 2.62 bits per heavy atom. The summed E-state index contributed by atoms with van der Waals surface area (Å²) >= 11 is 0. The molecule has 0 saturated carbocycles. The lowest BCUT2D eigenvalue weighted by Crippen LogP contribution is -2.51. The summed E-state index contributed by atoms with van der Waals surface area (Å²) in [6.45, 7) is 5.66. The molecule has 2 heterocycles. The molecular weight excluding hydrogens is 314 g/mol. The maximum Gasteiger partial charge on any atom is 0.299 e. The van der Waals surface area contributed by atoms with Gasteiger partial charge in [0, 0.05) is 18.8 Å². The Bertz CT molecular complexity index is 560. The largest absolute Gasteiger partial charge is 0.304 e. The third-order valence-corrected chi connectivity index (χ3v) is 4.63. The quantitative estimate of drug-likeness (QED) is 0.888. The lowest BCUT2D eigenvalue weighted by molar-refractivity contribution is 0.253. The minimum atomic E-state index is -3.80. The number of hydrogen-bond donors (Lipinski definition) is 1. The first-order valence-corrected chi connectivity index (χ1v) is 8.34. The molecule has 0 spiro atoms. The second-order valence-electron chi connectivity index (χ2n) is 5.67. The van der Waals surface area contributed by atoms with Crippen LogP contribution in [0.1, 0.15) is 32.7 Å². The van der Waals surface area contributed by atoms with Gasteiger partial charge in [-0.1, -0.05) is 0 Å². The zero-order valence-corrected chi connectivity index (χ0v) is 14.3. The van der Waals surface area contributed by atoms with Crippen molar-refractivity contribution in [1.82, 2.24) is 14.7 Å². The van der Waals surface area contributed by atoms with E-state index in [1.165, 1.54) is 4.31 Å². The van der Waals surface area contributed by atoms with Crippen LogP contribution in [-0.4, -0.2) is 49.3 Å². The Kier molecular flexibility index (Phi) is 6.03. The maximum atomic E-state index is 12.0. The molecule has 2 N–H and O–H groups in total. The van der Waals surface area contributed by atoms with Crippen LogP contribution in [0.5, 0.6) is 0 Å². The van der Waals surface area contributed by atoms with Crippen molar-refractivity contribution in [3.05, 3.63) is 12.4 Å². The molecule has 1 aliphatic rings. The van der Waals surface area contributed by atoms with Gasteiger partial charge >= 0.3 is 0 Å². The molecule has 1 aromatic rings. The zero-order chi connectivity index (χ0) is 14.9. The fraction of sp³-hybridized carbons (Fsp3) is 0.750. The number of aromatic nitrogens is 2. The smallest absolute Gasteiger partial charge is 0.299 e. The summed E-state index contributed by atoms with van der Waals surface area (Å²) < 4.78 is 27.0. The van der Waals surface area contributed by atoms with E-state index in [1.54, 1.807) is 17.1 Å². The summed E-state index contributed by atoms with van der Waals surface area (Å²) in [6, 6.07) is 0.0497. The molecule has 0 aliphatic carbocycles. The molecule has 7 nitrogen and oxygen atoms in total. The normalized spacial score (nSPS) is 20.3. The fourth-order valence-corrected chi connectivity index (χ4v) is 3.60. The predicted octanol–water partition coefficient (Wildman–Crippen LogP) is 0.990. The molecule has 9 heteroatoms. The van der Waals surface area contributed by atoms with E-state index >= 15 is 0 Å². The zero-order valence-electron chi connectivity index (χ0n) is 12.6. The molecule has 1 atom stereocenters. The summed E-state index contributed by atoms with van der Waals surface area (Å²) in [5, 5.41) is 9.62. The minimum absolute atomic E-state index is 0. The first-order chi connectivity index (χ1) is 9.29. The van der Waals surface area contributed by atoms with Crippen LogP contribution in [0.4, 0.5) is 5.69 Å². The van der Waals surface area contributed by atoms with Gasteiger partial charge in [-0.3, -0.25) is 8.99 Å². The van der Waals surface area contributed by atoms with Crippen LogP contribution in [-0.2, 0) is 10.2 Å². The molecule has 0 radical (unpaired) electrons. The molecule has 0 unspecified atom stereocenters. The van der Waals surface area contributed by atoms with Crippen molar-refractivity contribution in [1.29, 1.82) is 0 Å². The highest BCUT2D eigenvalue weighted by atomic mass is 35.5. The van der Waals surface area contributed by atoms with Gasteiger partial charge in [-0.25, -0.2) is 5.14 Å². The molecule has 0 bridgehead atoms. The Labute approximate surface area is 132 Å². The van der Waals surface area contributed by atoms with Crippen LogP contribution < -0.4 is 9.44 Å². The fourth-order valence-electron chi connectivity index (χ4n) is 2.62. The van der Waals surface area contributed by atoms with Crippen molar-refractivity contribution in [2.45, 2.75) is 38.8 Å². The van der Waals surface area contributed by atoms with Crippen LogP contribution in [0.15, 0.2) is 12.4 Å². The van der Waals surface area contributed by atoms with E-state index in [1.807, 2.05) is 20.9 Å². The van der Waals surface area contributed by atoms with Gasteiger partial charge in [0.25, 0.3) is 10.2 Å². The molecule has 1 aliphatic heterocycles. The lowest BCUT2D eigenvalue weighted by atomic mass is 10.1. The van der Waals surface area contributed by atoms with Crippen LogP contribution in [0, 0.1) is 0 Å². The highest BCUT2D eigenvalue weighted by molar-refractivity contribution is 7.90. The maximum absolute atomic E-state index is 12.0. The van der Waals surface area contributed by atoms with Crippen LogP contribution in [0.3, 0.4) is 0 Å². The van der Waals surface area contributed by atoms with Crippen molar-refractivity contribution < 1.29 is 8.42 Å². The van der Waals surface area contributed by atoms with Gasteiger partial charge < -0.3 is 4.90 Å². The van der Waals surface area contributed by atoms with Crippen LogP contribution in [0.25, 0.3) is 0 Å². The highest BCUT2D eigenvalue weighted by Crippen LogP contribution is 2.25. The predicted molar refractivity (Wildman–Crippen MR) is 86.0 cm³/mol. The molecule has 2 rings (SSSR count). The highest BCUT2D eigenvalue weighted by Gasteiger charge is 2.31. The van der Waals surface area contributed by atoms with Gasteiger partial charge in [0.15, 0.2) is 0 Å². The number of piperidine rings is 1. The van der Waals surface area contributed by atoms with E-state index in [9.17, 15) is 8.42 Å². The van der Waals surface area contributed by atoms with E-state index in [0.29, 0.717) is 12.2 Å². The first kappa shape index (κ1) is 18.2. The average molecular weight is 338 g/mol. The molecule has 21 heavy (non-hydrogen) atoms. The number of nitrogens with zero attached hydrogens (tertiary/aromatic N) is 4. The summed E-state index contributed by atoms with van der Waals surface area (Å²) in [7, 11) is -1.81. The number of likely N-dealkylation sites (tertiary alicyclic amines) is 1. The number of halogens is 1. The van der Waals surface area contributed by atoms with E-state index in [-0.39, 0.29) is 24.5 Å². The van der Waals surface area contributed by atoms with Gasteiger partial charge in [-0.15, -0.1) is 12.4 Å². The number of likely N-dealkylation sites (N-methyl/N-ethyl adjacent to an activating group) is 1. The number of rotatable bonds is 4. The topological polar surface area (TPSA) is 84.5 Å².